The third-order valence-electron chi connectivity index (χ3n) is 4.35. The minimum Gasteiger partial charge on any atom is -0.396 e. The van der Waals surface area contributed by atoms with E-state index in [1.165, 1.54) is 0 Å². The lowest BCUT2D eigenvalue weighted by Crippen LogP contribution is -2.43. The Labute approximate surface area is 132 Å². The number of carbonyl (C=O) groups is 1. The van der Waals surface area contributed by atoms with Gasteiger partial charge >= 0.3 is 6.03 Å². The van der Waals surface area contributed by atoms with Crippen LogP contribution in [0.4, 0.5) is 10.5 Å². The van der Waals surface area contributed by atoms with Crippen LogP contribution in [0.5, 0.6) is 0 Å². The minimum atomic E-state index is -0.107. The van der Waals surface area contributed by atoms with Crippen molar-refractivity contribution in [2.75, 3.05) is 25.6 Å². The van der Waals surface area contributed by atoms with Crippen LogP contribution in [-0.2, 0) is 6.54 Å². The molecular formula is C17H27N3O2. The second-order valence-electron chi connectivity index (χ2n) is 6.29. The lowest BCUT2D eigenvalue weighted by Gasteiger charge is -2.27. The molecule has 0 bridgehead atoms. The summed E-state index contributed by atoms with van der Waals surface area (Å²) >= 11 is 0. The van der Waals surface area contributed by atoms with Gasteiger partial charge in [0.05, 0.1) is 0 Å². The molecule has 3 N–H and O–H groups in total. The van der Waals surface area contributed by atoms with Gasteiger partial charge in [-0.05, 0) is 49.3 Å². The molecule has 0 spiro atoms. The number of hydrogen-bond donors (Lipinski definition) is 3. The van der Waals surface area contributed by atoms with Crippen molar-refractivity contribution in [1.82, 2.24) is 10.6 Å². The molecule has 0 aliphatic heterocycles. The lowest BCUT2D eigenvalue weighted by molar-refractivity contribution is 0.174. The fourth-order valence-electron chi connectivity index (χ4n) is 2.82. The van der Waals surface area contributed by atoms with E-state index in [0.29, 0.717) is 12.5 Å². The van der Waals surface area contributed by atoms with Crippen LogP contribution in [0.1, 0.15) is 31.2 Å². The normalized spacial score (nSPS) is 21.2. The molecule has 0 radical (unpaired) electrons. The predicted molar refractivity (Wildman–Crippen MR) is 89.0 cm³/mol. The fraction of sp³-hybridized carbons (Fsp3) is 0.588. The van der Waals surface area contributed by atoms with Gasteiger partial charge < -0.3 is 20.6 Å². The van der Waals surface area contributed by atoms with Crippen molar-refractivity contribution < 1.29 is 9.90 Å². The Morgan fingerprint density at radius 2 is 1.82 bits per heavy atom. The maximum atomic E-state index is 11.9. The first kappa shape index (κ1) is 16.6. The van der Waals surface area contributed by atoms with Crippen molar-refractivity contribution in [3.8, 4) is 0 Å². The van der Waals surface area contributed by atoms with Crippen LogP contribution >= 0.6 is 0 Å². The highest BCUT2D eigenvalue weighted by molar-refractivity contribution is 5.74. The Morgan fingerprint density at radius 3 is 2.36 bits per heavy atom. The number of aliphatic hydroxyl groups is 1. The van der Waals surface area contributed by atoms with Gasteiger partial charge in [0.15, 0.2) is 0 Å². The molecule has 0 atom stereocenters. The third kappa shape index (κ3) is 4.91. The van der Waals surface area contributed by atoms with Gasteiger partial charge in [-0.1, -0.05) is 12.1 Å². The monoisotopic (exact) mass is 305 g/mol. The summed E-state index contributed by atoms with van der Waals surface area (Å²) in [5.41, 5.74) is 2.23. The number of amides is 2. The van der Waals surface area contributed by atoms with Crippen LogP contribution in [0.2, 0.25) is 0 Å². The first-order valence-corrected chi connectivity index (χ1v) is 8.00. The first-order valence-electron chi connectivity index (χ1n) is 8.00. The molecule has 5 heteroatoms. The molecule has 0 heterocycles. The summed E-state index contributed by atoms with van der Waals surface area (Å²) in [6, 6.07) is 8.28. The Balaban J connectivity index is 1.71. The van der Waals surface area contributed by atoms with Crippen molar-refractivity contribution in [2.24, 2.45) is 5.92 Å². The van der Waals surface area contributed by atoms with Crippen LogP contribution in [0.25, 0.3) is 0 Å². The molecule has 1 fully saturated rings. The number of benzene rings is 1. The largest absolute Gasteiger partial charge is 0.396 e. The lowest BCUT2D eigenvalue weighted by atomic mass is 9.87. The average molecular weight is 305 g/mol. The van der Waals surface area contributed by atoms with Gasteiger partial charge in [-0.2, -0.15) is 0 Å². The molecule has 5 nitrogen and oxygen atoms in total. The number of anilines is 1. The van der Waals surface area contributed by atoms with Crippen molar-refractivity contribution in [3.63, 3.8) is 0 Å². The van der Waals surface area contributed by atoms with E-state index in [9.17, 15) is 4.79 Å². The maximum Gasteiger partial charge on any atom is 0.315 e. The molecular weight excluding hydrogens is 278 g/mol. The zero-order valence-corrected chi connectivity index (χ0v) is 13.5. The summed E-state index contributed by atoms with van der Waals surface area (Å²) in [5, 5.41) is 15.1. The van der Waals surface area contributed by atoms with E-state index in [-0.39, 0.29) is 18.7 Å². The molecule has 22 heavy (non-hydrogen) atoms. The van der Waals surface area contributed by atoms with E-state index in [1.54, 1.807) is 0 Å². The summed E-state index contributed by atoms with van der Waals surface area (Å²) in [6.45, 7) is 0.799. The van der Waals surface area contributed by atoms with E-state index >= 15 is 0 Å². The molecule has 2 rings (SSSR count). The number of aliphatic hydroxyl groups excluding tert-OH is 1. The fourth-order valence-corrected chi connectivity index (χ4v) is 2.82. The summed E-state index contributed by atoms with van der Waals surface area (Å²) in [6.07, 6.45) is 3.90. The van der Waals surface area contributed by atoms with E-state index in [0.717, 1.165) is 36.9 Å². The predicted octanol–water partition coefficient (Wildman–Crippen LogP) is 2.10. The van der Waals surface area contributed by atoms with Crippen LogP contribution in [-0.4, -0.2) is 37.9 Å². The molecule has 1 aliphatic rings. The van der Waals surface area contributed by atoms with Crippen molar-refractivity contribution in [1.29, 1.82) is 0 Å². The summed E-state index contributed by atoms with van der Waals surface area (Å²) < 4.78 is 0. The van der Waals surface area contributed by atoms with Crippen LogP contribution in [0, 0.1) is 5.92 Å². The topological polar surface area (TPSA) is 64.6 Å². The number of rotatable bonds is 5. The summed E-state index contributed by atoms with van der Waals surface area (Å²) in [5.74, 6) is 0.413. The van der Waals surface area contributed by atoms with Gasteiger partial charge in [-0.3, -0.25) is 0 Å². The van der Waals surface area contributed by atoms with Gasteiger partial charge in [-0.15, -0.1) is 0 Å². The van der Waals surface area contributed by atoms with Gasteiger partial charge in [0.2, 0.25) is 0 Å². The highest BCUT2D eigenvalue weighted by atomic mass is 16.3. The summed E-state index contributed by atoms with van der Waals surface area (Å²) in [4.78, 5) is 14.0. The molecule has 1 saturated carbocycles. The molecule has 1 aliphatic carbocycles. The Kier molecular flexibility index (Phi) is 6.07. The highest BCUT2D eigenvalue weighted by Gasteiger charge is 2.21. The quantitative estimate of drug-likeness (QED) is 0.780. The zero-order chi connectivity index (χ0) is 15.9. The SMILES string of the molecule is CN(C)c1ccc(CNC(=O)NC2CCC(CO)CC2)cc1. The van der Waals surface area contributed by atoms with E-state index in [2.05, 4.69) is 10.6 Å². The molecule has 2 amide bonds. The Morgan fingerprint density at radius 1 is 1.18 bits per heavy atom. The van der Waals surface area contributed by atoms with E-state index in [4.69, 9.17) is 5.11 Å². The van der Waals surface area contributed by atoms with Crippen molar-refractivity contribution in [3.05, 3.63) is 29.8 Å². The molecule has 1 aromatic carbocycles. The maximum absolute atomic E-state index is 11.9. The smallest absolute Gasteiger partial charge is 0.315 e. The zero-order valence-electron chi connectivity index (χ0n) is 13.5. The molecule has 122 valence electrons. The average Bonchev–Trinajstić information content (AvgIpc) is 2.54. The second kappa shape index (κ2) is 8.03. The number of nitrogens with zero attached hydrogens (tertiary/aromatic N) is 1. The molecule has 0 saturated heterocycles. The standard InChI is InChI=1S/C17H27N3O2/c1-20(2)16-9-5-13(6-10-16)11-18-17(22)19-15-7-3-14(12-21)4-8-15/h5-6,9-10,14-15,21H,3-4,7-8,11-12H2,1-2H3,(H2,18,19,22). The van der Waals surface area contributed by atoms with E-state index in [1.807, 2.05) is 43.3 Å². The van der Waals surface area contributed by atoms with Crippen molar-refractivity contribution in [2.45, 2.75) is 38.3 Å². The van der Waals surface area contributed by atoms with Gasteiger partial charge in [0.1, 0.15) is 0 Å². The van der Waals surface area contributed by atoms with Crippen LogP contribution < -0.4 is 15.5 Å². The van der Waals surface area contributed by atoms with Gasteiger partial charge in [0.25, 0.3) is 0 Å². The van der Waals surface area contributed by atoms with Crippen LogP contribution in [0.15, 0.2) is 24.3 Å². The minimum absolute atomic E-state index is 0.107. The second-order valence-corrected chi connectivity index (χ2v) is 6.29. The molecule has 0 unspecified atom stereocenters. The number of carbonyl (C=O) groups excluding carboxylic acids is 1. The third-order valence-corrected chi connectivity index (χ3v) is 4.35. The number of hydrogen-bond acceptors (Lipinski definition) is 3. The Hall–Kier alpha value is -1.75. The Bertz CT molecular complexity index is 465. The molecule has 1 aromatic rings. The molecule has 0 aromatic heterocycles. The number of urea groups is 1. The van der Waals surface area contributed by atoms with Gasteiger partial charge in [0, 0.05) is 39.0 Å². The number of nitrogens with one attached hydrogen (secondary N) is 2. The van der Waals surface area contributed by atoms with E-state index < -0.39 is 0 Å². The highest BCUT2D eigenvalue weighted by Crippen LogP contribution is 2.23. The van der Waals surface area contributed by atoms with Crippen LogP contribution in [0.3, 0.4) is 0 Å². The van der Waals surface area contributed by atoms with Crippen molar-refractivity contribution >= 4 is 11.7 Å². The summed E-state index contributed by atoms with van der Waals surface area (Å²) in [7, 11) is 4.01. The van der Waals surface area contributed by atoms with Gasteiger partial charge in [-0.25, -0.2) is 4.79 Å². The first-order chi connectivity index (χ1) is 10.6.